The molecule has 110 valence electrons. The first kappa shape index (κ1) is 15.1. The van der Waals surface area contributed by atoms with Crippen molar-refractivity contribution < 1.29 is 9.53 Å². The van der Waals surface area contributed by atoms with E-state index in [0.29, 0.717) is 16.3 Å². The lowest BCUT2D eigenvalue weighted by molar-refractivity contribution is 0.0580. The molecule has 0 bridgehead atoms. The predicted molar refractivity (Wildman–Crippen MR) is 80.3 cm³/mol. The van der Waals surface area contributed by atoms with Gasteiger partial charge in [0.05, 0.1) is 12.7 Å². The van der Waals surface area contributed by atoms with E-state index in [1.807, 2.05) is 11.8 Å². The van der Waals surface area contributed by atoms with Crippen LogP contribution < -0.4 is 10.5 Å². The van der Waals surface area contributed by atoms with Gasteiger partial charge in [0, 0.05) is 23.7 Å². The van der Waals surface area contributed by atoms with Crippen molar-refractivity contribution in [1.29, 1.82) is 0 Å². The second-order valence-electron chi connectivity index (χ2n) is 5.27. The van der Waals surface area contributed by atoms with Crippen LogP contribution in [0.25, 0.3) is 0 Å². The number of hydrogen-bond acceptors (Lipinski definition) is 3. The lowest BCUT2D eigenvalue weighted by Crippen LogP contribution is -2.51. The van der Waals surface area contributed by atoms with Crippen molar-refractivity contribution in [1.82, 2.24) is 4.90 Å². The minimum Gasteiger partial charge on any atom is -0.496 e. The van der Waals surface area contributed by atoms with Crippen molar-refractivity contribution >= 4 is 17.5 Å². The van der Waals surface area contributed by atoms with E-state index in [-0.39, 0.29) is 18.0 Å². The molecule has 1 aromatic rings. The van der Waals surface area contributed by atoms with Crippen molar-refractivity contribution in [2.24, 2.45) is 5.73 Å². The lowest BCUT2D eigenvalue weighted by Gasteiger charge is -2.38. The predicted octanol–water partition coefficient (Wildman–Crippen LogP) is 2.69. The summed E-state index contributed by atoms with van der Waals surface area (Å²) in [6, 6.07) is 5.15. The third-order valence-electron chi connectivity index (χ3n) is 3.81. The van der Waals surface area contributed by atoms with Gasteiger partial charge < -0.3 is 15.4 Å². The minimum atomic E-state index is -0.0497. The SMILES string of the molecule is COc1ccc(Cl)cc1C(=O)N1CCCCC1C(C)N. The second kappa shape index (κ2) is 6.46. The standard InChI is InChI=1S/C15H21ClN2O2/c1-10(17)13-5-3-4-8-18(13)15(19)12-9-11(16)6-7-14(12)20-2/h6-7,9-10,13H,3-5,8,17H2,1-2H3. The average molecular weight is 297 g/mol. The van der Waals surface area contributed by atoms with Gasteiger partial charge in [0.25, 0.3) is 5.91 Å². The highest BCUT2D eigenvalue weighted by atomic mass is 35.5. The van der Waals surface area contributed by atoms with Crippen molar-refractivity contribution in [3.05, 3.63) is 28.8 Å². The lowest BCUT2D eigenvalue weighted by atomic mass is 9.96. The molecule has 2 rings (SSSR count). The maximum atomic E-state index is 12.8. The minimum absolute atomic E-state index is 0.0376. The fourth-order valence-electron chi connectivity index (χ4n) is 2.76. The van der Waals surface area contributed by atoms with Crippen LogP contribution in [0, 0.1) is 0 Å². The van der Waals surface area contributed by atoms with Gasteiger partial charge in [-0.2, -0.15) is 0 Å². The molecule has 1 saturated heterocycles. The summed E-state index contributed by atoms with van der Waals surface area (Å²) in [4.78, 5) is 14.6. The monoisotopic (exact) mass is 296 g/mol. The van der Waals surface area contributed by atoms with E-state index < -0.39 is 0 Å². The number of likely N-dealkylation sites (tertiary alicyclic amines) is 1. The van der Waals surface area contributed by atoms with Crippen molar-refractivity contribution in [3.63, 3.8) is 0 Å². The fourth-order valence-corrected chi connectivity index (χ4v) is 2.93. The highest BCUT2D eigenvalue weighted by Crippen LogP contribution is 2.27. The van der Waals surface area contributed by atoms with Crippen molar-refractivity contribution in [2.45, 2.75) is 38.3 Å². The summed E-state index contributed by atoms with van der Waals surface area (Å²) in [5, 5.41) is 0.531. The Morgan fingerprint density at radius 1 is 1.50 bits per heavy atom. The number of halogens is 1. The van der Waals surface area contributed by atoms with E-state index in [1.54, 1.807) is 25.3 Å². The molecule has 4 nitrogen and oxygen atoms in total. The molecule has 0 saturated carbocycles. The molecule has 2 unspecified atom stereocenters. The number of piperidine rings is 1. The van der Waals surface area contributed by atoms with Gasteiger partial charge in [-0.3, -0.25) is 4.79 Å². The van der Waals surface area contributed by atoms with Crippen LogP contribution in [0.15, 0.2) is 18.2 Å². The first-order valence-corrected chi connectivity index (χ1v) is 7.32. The molecule has 1 aliphatic heterocycles. The summed E-state index contributed by atoms with van der Waals surface area (Å²) in [5.41, 5.74) is 6.53. The fraction of sp³-hybridized carbons (Fsp3) is 0.533. The van der Waals surface area contributed by atoms with Gasteiger partial charge in [0.1, 0.15) is 5.75 Å². The Morgan fingerprint density at radius 3 is 2.90 bits per heavy atom. The molecule has 0 aromatic heterocycles. The third kappa shape index (κ3) is 3.07. The van der Waals surface area contributed by atoms with Gasteiger partial charge in [-0.15, -0.1) is 0 Å². The molecule has 2 N–H and O–H groups in total. The second-order valence-corrected chi connectivity index (χ2v) is 5.70. The number of carbonyl (C=O) groups is 1. The average Bonchev–Trinajstić information content (AvgIpc) is 2.46. The molecular weight excluding hydrogens is 276 g/mol. The van der Waals surface area contributed by atoms with Crippen LogP contribution in [0.2, 0.25) is 5.02 Å². The molecule has 1 aliphatic rings. The number of benzene rings is 1. The smallest absolute Gasteiger partial charge is 0.257 e. The van der Waals surface area contributed by atoms with E-state index in [0.717, 1.165) is 25.8 Å². The van der Waals surface area contributed by atoms with Crippen LogP contribution in [0.4, 0.5) is 0 Å². The Kier molecular flexibility index (Phi) is 4.89. The molecule has 1 heterocycles. The zero-order chi connectivity index (χ0) is 14.7. The van der Waals surface area contributed by atoms with Gasteiger partial charge in [-0.05, 0) is 44.4 Å². The Hall–Kier alpha value is -1.26. The van der Waals surface area contributed by atoms with Crippen molar-refractivity contribution in [3.8, 4) is 5.75 Å². The van der Waals surface area contributed by atoms with E-state index in [1.165, 1.54) is 0 Å². The Balaban J connectivity index is 2.31. The first-order valence-electron chi connectivity index (χ1n) is 6.94. The maximum absolute atomic E-state index is 12.8. The number of carbonyl (C=O) groups excluding carboxylic acids is 1. The molecule has 0 aliphatic carbocycles. The number of rotatable bonds is 3. The van der Waals surface area contributed by atoms with E-state index in [4.69, 9.17) is 22.1 Å². The van der Waals surface area contributed by atoms with Crippen LogP contribution >= 0.6 is 11.6 Å². The third-order valence-corrected chi connectivity index (χ3v) is 4.04. The van der Waals surface area contributed by atoms with Crippen LogP contribution in [0.3, 0.4) is 0 Å². The van der Waals surface area contributed by atoms with Gasteiger partial charge in [-0.25, -0.2) is 0 Å². The van der Waals surface area contributed by atoms with E-state index in [2.05, 4.69) is 0 Å². The van der Waals surface area contributed by atoms with Crippen LogP contribution in [0.1, 0.15) is 36.5 Å². The molecule has 0 radical (unpaired) electrons. The molecular formula is C15H21ClN2O2. The summed E-state index contributed by atoms with van der Waals surface area (Å²) >= 11 is 6.00. The van der Waals surface area contributed by atoms with Crippen LogP contribution in [0.5, 0.6) is 5.75 Å². The number of hydrogen-bond donors (Lipinski definition) is 1. The topological polar surface area (TPSA) is 55.6 Å². The Morgan fingerprint density at radius 2 is 2.25 bits per heavy atom. The summed E-state index contributed by atoms with van der Waals surface area (Å²) in [5.74, 6) is 0.500. The van der Waals surface area contributed by atoms with Gasteiger partial charge in [-0.1, -0.05) is 11.6 Å². The number of methoxy groups -OCH3 is 1. The van der Waals surface area contributed by atoms with Gasteiger partial charge >= 0.3 is 0 Å². The quantitative estimate of drug-likeness (QED) is 0.933. The first-order chi connectivity index (χ1) is 9.54. The molecule has 20 heavy (non-hydrogen) atoms. The largest absolute Gasteiger partial charge is 0.496 e. The molecule has 0 spiro atoms. The highest BCUT2D eigenvalue weighted by molar-refractivity contribution is 6.31. The van der Waals surface area contributed by atoms with Gasteiger partial charge in [0.15, 0.2) is 0 Å². The molecule has 1 amide bonds. The zero-order valence-corrected chi connectivity index (χ0v) is 12.7. The molecule has 5 heteroatoms. The van der Waals surface area contributed by atoms with E-state index in [9.17, 15) is 4.79 Å². The highest BCUT2D eigenvalue weighted by Gasteiger charge is 2.31. The van der Waals surface area contributed by atoms with Crippen LogP contribution in [-0.2, 0) is 0 Å². The number of amides is 1. The summed E-state index contributed by atoms with van der Waals surface area (Å²) in [6.07, 6.45) is 3.08. The van der Waals surface area contributed by atoms with Crippen molar-refractivity contribution in [2.75, 3.05) is 13.7 Å². The summed E-state index contributed by atoms with van der Waals surface area (Å²) in [6.45, 7) is 2.69. The Bertz CT molecular complexity index is 491. The van der Waals surface area contributed by atoms with E-state index >= 15 is 0 Å². The van der Waals surface area contributed by atoms with Gasteiger partial charge in [0.2, 0.25) is 0 Å². The molecule has 2 atom stereocenters. The number of nitrogens with zero attached hydrogens (tertiary/aromatic N) is 1. The zero-order valence-electron chi connectivity index (χ0n) is 11.9. The summed E-state index contributed by atoms with van der Waals surface area (Å²) < 4.78 is 5.27. The number of ether oxygens (including phenoxy) is 1. The Labute approximate surface area is 124 Å². The number of nitrogens with two attached hydrogens (primary N) is 1. The van der Waals surface area contributed by atoms with Crippen LogP contribution in [-0.4, -0.2) is 36.5 Å². The maximum Gasteiger partial charge on any atom is 0.257 e. The normalized spacial score (nSPS) is 20.6. The summed E-state index contributed by atoms with van der Waals surface area (Å²) in [7, 11) is 1.55. The molecule has 1 aromatic carbocycles. The molecule has 1 fully saturated rings.